The zero-order valence-corrected chi connectivity index (χ0v) is 15.5. The van der Waals surface area contributed by atoms with Gasteiger partial charge < -0.3 is 0 Å². The molecule has 0 spiro atoms. The Morgan fingerprint density at radius 2 is 1.64 bits per heavy atom. The summed E-state index contributed by atoms with van der Waals surface area (Å²) in [6.45, 7) is 1.51. The highest BCUT2D eigenvalue weighted by atomic mass is 19.2. The van der Waals surface area contributed by atoms with Gasteiger partial charge in [0.1, 0.15) is 0 Å². The normalized spacial score (nSPS) is 21.5. The molecular weight excluding hydrogens is 362 g/mol. The summed E-state index contributed by atoms with van der Waals surface area (Å²) in [4.78, 5) is 28.3. The van der Waals surface area contributed by atoms with Crippen molar-refractivity contribution in [1.29, 1.82) is 0 Å². The number of nitrogens with zero attached hydrogens (tertiary/aromatic N) is 2. The number of rotatable bonds is 4. The maximum absolute atomic E-state index is 13.5. The van der Waals surface area contributed by atoms with Crippen LogP contribution in [0.5, 0.6) is 0 Å². The van der Waals surface area contributed by atoms with Gasteiger partial charge in [-0.15, -0.1) is 0 Å². The highest BCUT2D eigenvalue weighted by molar-refractivity contribution is 6.22. The van der Waals surface area contributed by atoms with E-state index in [1.807, 2.05) is 18.2 Å². The van der Waals surface area contributed by atoms with Crippen molar-refractivity contribution in [2.24, 2.45) is 5.92 Å². The molecular formula is C22H22F2N2O2. The number of piperidine rings is 1. The molecule has 0 aliphatic carbocycles. The third-order valence-corrected chi connectivity index (χ3v) is 5.74. The summed E-state index contributed by atoms with van der Waals surface area (Å²) in [5.74, 6) is -2.22. The largest absolute Gasteiger partial charge is 0.292 e. The number of benzene rings is 2. The van der Waals surface area contributed by atoms with E-state index in [1.54, 1.807) is 0 Å². The molecule has 4 rings (SSSR count). The monoisotopic (exact) mass is 384 g/mol. The molecule has 4 nitrogen and oxygen atoms in total. The Morgan fingerprint density at radius 3 is 2.32 bits per heavy atom. The first-order valence-electron chi connectivity index (χ1n) is 9.63. The second-order valence-corrected chi connectivity index (χ2v) is 7.55. The molecule has 2 aliphatic heterocycles. The molecule has 146 valence electrons. The molecule has 2 aromatic rings. The number of anilines is 1. The molecule has 2 heterocycles. The Bertz CT molecular complexity index is 879. The van der Waals surface area contributed by atoms with Gasteiger partial charge in [0, 0.05) is 6.07 Å². The predicted molar refractivity (Wildman–Crippen MR) is 102 cm³/mol. The van der Waals surface area contributed by atoms with E-state index in [0.717, 1.165) is 49.4 Å². The zero-order valence-electron chi connectivity index (χ0n) is 15.5. The Kier molecular flexibility index (Phi) is 5.22. The van der Waals surface area contributed by atoms with Gasteiger partial charge in [0.15, 0.2) is 11.6 Å². The summed E-state index contributed by atoms with van der Waals surface area (Å²) in [5, 5.41) is 0. The van der Waals surface area contributed by atoms with Crippen molar-refractivity contribution in [3.63, 3.8) is 0 Å². The average molecular weight is 384 g/mol. The Balaban J connectivity index is 1.40. The number of amides is 2. The lowest BCUT2D eigenvalue weighted by atomic mass is 9.89. The van der Waals surface area contributed by atoms with Crippen LogP contribution in [0.25, 0.3) is 0 Å². The fourth-order valence-corrected chi connectivity index (χ4v) is 4.21. The first-order chi connectivity index (χ1) is 13.5. The minimum absolute atomic E-state index is 0.0845. The number of carbonyl (C=O) groups excluding carboxylic acids is 2. The van der Waals surface area contributed by atoms with Crippen LogP contribution in [0.4, 0.5) is 14.5 Å². The van der Waals surface area contributed by atoms with E-state index >= 15 is 0 Å². The lowest BCUT2D eigenvalue weighted by molar-refractivity contribution is -0.123. The Hall–Kier alpha value is -2.60. The van der Waals surface area contributed by atoms with E-state index in [2.05, 4.69) is 17.0 Å². The minimum atomic E-state index is -1.07. The van der Waals surface area contributed by atoms with Crippen LogP contribution in [-0.4, -0.2) is 35.8 Å². The summed E-state index contributed by atoms with van der Waals surface area (Å²) in [6, 6.07) is 12.9. The number of carbonyl (C=O) groups is 2. The van der Waals surface area contributed by atoms with E-state index in [-0.39, 0.29) is 23.9 Å². The van der Waals surface area contributed by atoms with Crippen molar-refractivity contribution >= 4 is 17.5 Å². The fraction of sp³-hybridized carbons (Fsp3) is 0.364. The fourth-order valence-electron chi connectivity index (χ4n) is 4.21. The molecule has 6 heteroatoms. The van der Waals surface area contributed by atoms with Crippen molar-refractivity contribution < 1.29 is 18.4 Å². The summed E-state index contributed by atoms with van der Waals surface area (Å²) < 4.78 is 26.7. The number of halogens is 2. The summed E-state index contributed by atoms with van der Waals surface area (Å²) in [7, 11) is 0. The molecule has 1 atom stereocenters. The highest BCUT2D eigenvalue weighted by Crippen LogP contribution is 2.30. The quantitative estimate of drug-likeness (QED) is 0.757. The minimum Gasteiger partial charge on any atom is -0.292 e. The van der Waals surface area contributed by atoms with Crippen LogP contribution < -0.4 is 4.90 Å². The van der Waals surface area contributed by atoms with Gasteiger partial charge in [0.25, 0.3) is 5.91 Å². The Labute approximate surface area is 162 Å². The van der Waals surface area contributed by atoms with Crippen molar-refractivity contribution in [1.82, 2.24) is 4.90 Å². The standard InChI is InChI=1S/C22H22F2N2O2/c23-18-7-6-17(13-19(18)24)26-21(27)14-20(22(26)28)25-10-8-16(9-11-25)12-15-4-2-1-3-5-15/h1-7,13,16,20H,8-12,14H2/t20-/m1/s1. The number of likely N-dealkylation sites (tertiary alicyclic amines) is 1. The molecule has 0 saturated carbocycles. The predicted octanol–water partition coefficient (Wildman–Crippen LogP) is 3.55. The van der Waals surface area contributed by atoms with Crippen molar-refractivity contribution in [2.75, 3.05) is 18.0 Å². The first-order valence-corrected chi connectivity index (χ1v) is 9.63. The molecule has 28 heavy (non-hydrogen) atoms. The lowest BCUT2D eigenvalue weighted by Crippen LogP contribution is -2.46. The van der Waals surface area contributed by atoms with Crippen LogP contribution in [0.2, 0.25) is 0 Å². The van der Waals surface area contributed by atoms with Crippen LogP contribution in [-0.2, 0) is 16.0 Å². The van der Waals surface area contributed by atoms with Crippen molar-refractivity contribution in [3.8, 4) is 0 Å². The molecule has 0 unspecified atom stereocenters. The van der Waals surface area contributed by atoms with Gasteiger partial charge in [-0.2, -0.15) is 0 Å². The average Bonchev–Trinajstić information content (AvgIpc) is 3.00. The molecule has 0 N–H and O–H groups in total. The molecule has 0 aromatic heterocycles. The van der Waals surface area contributed by atoms with Gasteiger partial charge in [0.2, 0.25) is 5.91 Å². The molecule has 2 aliphatic rings. The maximum Gasteiger partial charge on any atom is 0.251 e. The van der Waals surface area contributed by atoms with E-state index in [9.17, 15) is 18.4 Å². The van der Waals surface area contributed by atoms with Crippen LogP contribution in [0, 0.1) is 17.6 Å². The van der Waals surface area contributed by atoms with E-state index in [1.165, 1.54) is 11.6 Å². The Morgan fingerprint density at radius 1 is 0.929 bits per heavy atom. The van der Waals surface area contributed by atoms with E-state index < -0.39 is 17.7 Å². The molecule has 2 fully saturated rings. The van der Waals surface area contributed by atoms with Crippen LogP contribution in [0.3, 0.4) is 0 Å². The van der Waals surface area contributed by atoms with Crippen LogP contribution >= 0.6 is 0 Å². The maximum atomic E-state index is 13.5. The molecule has 0 bridgehead atoms. The van der Waals surface area contributed by atoms with Crippen molar-refractivity contribution in [3.05, 3.63) is 65.7 Å². The highest BCUT2D eigenvalue weighted by Gasteiger charge is 2.43. The van der Waals surface area contributed by atoms with Gasteiger partial charge in [-0.25, -0.2) is 13.7 Å². The summed E-state index contributed by atoms with van der Waals surface area (Å²) in [6.07, 6.45) is 3.05. The van der Waals surface area contributed by atoms with Gasteiger partial charge in [-0.1, -0.05) is 30.3 Å². The molecule has 2 aromatic carbocycles. The topological polar surface area (TPSA) is 40.6 Å². The second kappa shape index (κ2) is 7.80. The number of hydrogen-bond donors (Lipinski definition) is 0. The molecule has 2 amide bonds. The van der Waals surface area contributed by atoms with Gasteiger partial charge in [0.05, 0.1) is 18.2 Å². The van der Waals surface area contributed by atoms with Gasteiger partial charge >= 0.3 is 0 Å². The summed E-state index contributed by atoms with van der Waals surface area (Å²) >= 11 is 0. The SMILES string of the molecule is O=C1C[C@@H](N2CCC(Cc3ccccc3)CC2)C(=O)N1c1ccc(F)c(F)c1. The summed E-state index contributed by atoms with van der Waals surface area (Å²) in [5.41, 5.74) is 1.41. The number of imide groups is 1. The van der Waals surface area contributed by atoms with Gasteiger partial charge in [-0.05, 0) is 56.0 Å². The molecule has 0 radical (unpaired) electrons. The zero-order chi connectivity index (χ0) is 19.7. The van der Waals surface area contributed by atoms with Gasteiger partial charge in [-0.3, -0.25) is 14.5 Å². The van der Waals surface area contributed by atoms with Crippen LogP contribution in [0.1, 0.15) is 24.8 Å². The second-order valence-electron chi connectivity index (χ2n) is 7.55. The first kappa shape index (κ1) is 18.7. The van der Waals surface area contributed by atoms with E-state index in [4.69, 9.17) is 0 Å². The van der Waals surface area contributed by atoms with E-state index in [0.29, 0.717) is 5.92 Å². The van der Waals surface area contributed by atoms with Crippen LogP contribution in [0.15, 0.2) is 48.5 Å². The molecule has 2 saturated heterocycles. The third kappa shape index (κ3) is 3.69. The number of hydrogen-bond acceptors (Lipinski definition) is 3. The third-order valence-electron chi connectivity index (χ3n) is 5.74. The lowest BCUT2D eigenvalue weighted by Gasteiger charge is -2.34. The van der Waals surface area contributed by atoms with Crippen molar-refractivity contribution in [2.45, 2.75) is 31.7 Å². The smallest absolute Gasteiger partial charge is 0.251 e.